The molecule has 43 heteroatoms. The molecule has 0 bridgehead atoms. The quantitative estimate of drug-likeness (QED) is 0.0233. The van der Waals surface area contributed by atoms with E-state index in [4.69, 9.17) is 40.6 Å². The van der Waals surface area contributed by atoms with E-state index in [0.717, 1.165) is 69.9 Å². The summed E-state index contributed by atoms with van der Waals surface area (Å²) in [6, 6.07) is 35.0. The predicted molar refractivity (Wildman–Crippen MR) is 535 cm³/mol. The summed E-state index contributed by atoms with van der Waals surface area (Å²) in [5.74, 6) is -4.46. The molecule has 10 aromatic rings. The number of amides is 4. The molecule has 2 unspecified atom stereocenters. The van der Waals surface area contributed by atoms with Crippen LogP contribution >= 0.6 is 0 Å². The van der Waals surface area contributed by atoms with Gasteiger partial charge >= 0.3 is 0 Å². The lowest BCUT2D eigenvalue weighted by Crippen LogP contribution is -2.58. The molecule has 0 spiro atoms. The summed E-state index contributed by atoms with van der Waals surface area (Å²) in [6.07, 6.45) is 11.4. The molecule has 10 N–H and O–H groups in total. The highest BCUT2D eigenvalue weighted by Crippen LogP contribution is 2.42. The molecule has 3 saturated heterocycles. The molecule has 4 amide bonds. The standard InChI is InChI=1S/C28H34FN5O4S.C26H32FN5O4S.C24H26F3N5O4S.C22H30N4O3S/c1-18(2)17-38-21-15-19(14-20(29)16-21)23-11-10-22(26(31-23)34-13-6-5-12-28(34,3)4)27(35)33-39(36,37)25-9-7-8-24(30)32-25;1-17(2)16-36-20-14-18(13-19(27)15-20)22-8-7-21(24(29-22)32-12-6-5-10-26(32,3)4)25(33)31-37(34,35)23-9-11-28-30-23;1-15(2)14-36-18-12-16(11-17(25)13-18)20-4-3-19(22(29-20)32-9-6-24(26,27)7-10-32)23(33)31-37(34,35)21-5-8-28-30-21;1-14-7-5-8-15(13-14)20-16(11-12-17(24-20)22(2,3)4)21(27)26-30(28,29)19-10-6-9-18(23)25-19/h7-11,14-16,18H,5-6,12-13,17H2,1-4H3,(H2,30,32)(H,33,35);7-9,11,13-15,17H,5-6,10,12,16H2,1-4H3,(H,28,30)(H,31,33);3-4,8,11-13,15H,5-7,9-10,14H2,1-2H3,(H,31,33);6,9-12,14-15H,5,7-8,13H2,1-4H3,(H2,23,25)(H,26,27)/p+1. The number of hydrazone groups is 1. The maximum atomic E-state index is 14.5. The Morgan fingerprint density at radius 2 is 0.902 bits per heavy atom. The average Bonchev–Trinajstić information content (AvgIpc) is 0.938. The Kier molecular flexibility index (Phi) is 34.7. The van der Waals surface area contributed by atoms with Gasteiger partial charge in [-0.05, 0) is 218 Å². The summed E-state index contributed by atoms with van der Waals surface area (Å²) < 4.78 is 198. The Morgan fingerprint density at radius 3 is 1.29 bits per heavy atom. The van der Waals surface area contributed by atoms with Crippen LogP contribution in [0.5, 0.6) is 17.2 Å². The van der Waals surface area contributed by atoms with Crippen LogP contribution in [-0.4, -0.2) is 172 Å². The van der Waals surface area contributed by atoms with E-state index in [1.165, 1.54) is 120 Å². The van der Waals surface area contributed by atoms with Crippen LogP contribution in [0.2, 0.25) is 0 Å². The summed E-state index contributed by atoms with van der Waals surface area (Å²) in [6.45, 7) is 30.8. The number of carbonyl (C=O) groups is 4. The third-order valence-corrected chi connectivity index (χ3v) is 29.1. The molecular weight excluding hydrogens is 1930 g/mol. The SMILES string of the molecule is CC(C)COc1cc(F)cc(-c2ccc(C(=O)NS(=O)(=O)C3=N[NH+]=CC3)c(N3CCC(F)(F)CC3)n2)c1.CC(C)COc1cc(F)cc(-c2ccc(C(=O)NS(=O)(=O)c3cccc(N)n3)c(N3CCCCC3(C)C)n2)c1.CC(C)COc1cc(F)cc(-c2ccc(C(=O)NS(=O)(=O)c3ccn[nH]3)c(N3CCCCC3(C)C)n2)c1.CC1CCCC(c2nc(C(C)(C)C)ccc2C(=O)NS(=O)(=O)c2cccc(N)n2)C1. The first-order valence-corrected chi connectivity index (χ1v) is 53.1. The molecule has 5 aliphatic rings. The Hall–Kier alpha value is -13.2. The highest BCUT2D eigenvalue weighted by molar-refractivity contribution is 8.05. The van der Waals surface area contributed by atoms with E-state index in [0.29, 0.717) is 107 Å². The molecule has 1 aliphatic carbocycles. The van der Waals surface area contributed by atoms with Gasteiger partial charge in [0.1, 0.15) is 63.8 Å². The number of halogens is 5. The van der Waals surface area contributed by atoms with Crippen molar-refractivity contribution in [2.75, 3.05) is 72.2 Å². The highest BCUT2D eigenvalue weighted by atomic mass is 32.2. The predicted octanol–water partition coefficient (Wildman–Crippen LogP) is 15.2. The van der Waals surface area contributed by atoms with E-state index in [2.05, 4.69) is 105 Å². The smallest absolute Gasteiger partial charge is 0.284 e. The molecule has 34 nitrogen and oxygen atoms in total. The minimum Gasteiger partial charge on any atom is -0.493 e. The number of nitrogens with two attached hydrogens (primary N) is 2. The van der Waals surface area contributed by atoms with Crippen LogP contribution < -0.4 is 64.4 Å². The van der Waals surface area contributed by atoms with Gasteiger partial charge in [0.15, 0.2) is 21.3 Å². The summed E-state index contributed by atoms with van der Waals surface area (Å²) in [5.41, 5.74) is 14.8. The fraction of sp³-hybridized carbons (Fsp3) is 0.430. The van der Waals surface area contributed by atoms with Gasteiger partial charge in [-0.1, -0.05) is 94.2 Å². The zero-order valence-corrected chi connectivity index (χ0v) is 85.5. The Bertz CT molecular complexity index is 6860. The second kappa shape index (κ2) is 45.6. The Balaban J connectivity index is 0.000000171. The minimum absolute atomic E-state index is 0.00531. The van der Waals surface area contributed by atoms with Crippen molar-refractivity contribution in [2.24, 2.45) is 28.8 Å². The fourth-order valence-electron chi connectivity index (χ4n) is 16.6. The number of pyridine rings is 6. The summed E-state index contributed by atoms with van der Waals surface area (Å²) in [4.78, 5) is 84.8. The van der Waals surface area contributed by atoms with Crippen LogP contribution in [0.1, 0.15) is 239 Å². The van der Waals surface area contributed by atoms with Gasteiger partial charge in [0.2, 0.25) is 5.04 Å². The maximum Gasteiger partial charge on any atom is 0.284 e. The van der Waals surface area contributed by atoms with Crippen LogP contribution in [0, 0.1) is 41.1 Å². The van der Waals surface area contributed by atoms with Crippen molar-refractivity contribution in [2.45, 2.75) is 224 Å². The number of hydrogen-bond donors (Lipinski definition) is 8. The molecule has 4 fully saturated rings. The number of rotatable bonds is 26. The number of anilines is 5. The number of H-pyrrole nitrogens is 1. The van der Waals surface area contributed by atoms with Crippen LogP contribution in [0.15, 0.2) is 172 Å². The number of carbonyl (C=O) groups excluding carboxylic acids is 4. The zero-order valence-electron chi connectivity index (χ0n) is 82.3. The molecule has 3 aromatic carbocycles. The Morgan fingerprint density at radius 1 is 0.490 bits per heavy atom. The van der Waals surface area contributed by atoms with Crippen LogP contribution in [0.3, 0.4) is 0 Å². The number of alkyl halides is 2. The fourth-order valence-corrected chi connectivity index (χ4v) is 20.3. The number of hydrogen-bond acceptors (Lipinski definition) is 28. The molecule has 7 aromatic heterocycles. The van der Waals surface area contributed by atoms with Crippen LogP contribution in [0.4, 0.5) is 51.0 Å². The van der Waals surface area contributed by atoms with E-state index in [1.807, 2.05) is 56.1 Å². The number of piperidine rings is 3. The number of aromatic nitrogens is 8. The van der Waals surface area contributed by atoms with Gasteiger partial charge in [0.05, 0.1) is 77.5 Å². The third kappa shape index (κ3) is 28.9. The van der Waals surface area contributed by atoms with Crippen molar-refractivity contribution in [3.63, 3.8) is 0 Å². The number of ether oxygens (including phenoxy) is 3. The first kappa shape index (κ1) is 109. The number of nitrogens with one attached hydrogen (secondary N) is 6. The molecule has 11 heterocycles. The van der Waals surface area contributed by atoms with E-state index >= 15 is 0 Å². The van der Waals surface area contributed by atoms with Gasteiger partial charge in [0, 0.05) is 107 Å². The second-order valence-electron chi connectivity index (χ2n) is 39.4. The van der Waals surface area contributed by atoms with Gasteiger partial charge in [0.25, 0.3) is 69.6 Å². The lowest BCUT2D eigenvalue weighted by Gasteiger charge is -2.44. The first-order chi connectivity index (χ1) is 67.2. The summed E-state index contributed by atoms with van der Waals surface area (Å²) in [5, 5.41) is 10.9. The van der Waals surface area contributed by atoms with Crippen molar-refractivity contribution in [1.29, 1.82) is 0 Å². The molecule has 15 rings (SSSR count). The number of nitrogen functional groups attached to an aromatic ring is 2. The third-order valence-electron chi connectivity index (χ3n) is 24.1. The summed E-state index contributed by atoms with van der Waals surface area (Å²) >= 11 is 0. The number of aromatic amines is 1. The van der Waals surface area contributed by atoms with Gasteiger partial charge in [-0.3, -0.25) is 29.3 Å². The van der Waals surface area contributed by atoms with Crippen molar-refractivity contribution >= 4 is 104 Å². The molecule has 143 heavy (non-hydrogen) atoms. The first-order valence-electron chi connectivity index (χ1n) is 47.1. The van der Waals surface area contributed by atoms with Crippen molar-refractivity contribution in [3.05, 3.63) is 203 Å². The molecule has 1 saturated carbocycles. The van der Waals surface area contributed by atoms with Crippen molar-refractivity contribution in [3.8, 4) is 51.0 Å². The molecule has 4 aliphatic heterocycles. The van der Waals surface area contributed by atoms with Crippen molar-refractivity contribution < 1.29 is 94.1 Å². The van der Waals surface area contributed by atoms with Gasteiger partial charge in [-0.25, -0.2) is 65.8 Å². The van der Waals surface area contributed by atoms with E-state index in [1.54, 1.807) is 42.5 Å². The minimum atomic E-state index is -4.30. The highest BCUT2D eigenvalue weighted by Gasteiger charge is 2.41. The monoisotopic (exact) mass is 2050 g/mol. The average molecular weight is 2050 g/mol. The number of nitrogens with zero attached hydrogens (tertiary/aromatic N) is 11. The van der Waals surface area contributed by atoms with E-state index in [-0.39, 0.29) is 120 Å². The van der Waals surface area contributed by atoms with Gasteiger partial charge < -0.3 is 40.4 Å². The van der Waals surface area contributed by atoms with Crippen LogP contribution in [-0.2, 0) is 45.5 Å². The van der Waals surface area contributed by atoms with Gasteiger partial charge in [-0.15, -0.1) is 5.10 Å². The number of benzene rings is 3. The van der Waals surface area contributed by atoms with Crippen molar-refractivity contribution in [1.82, 2.24) is 59.0 Å². The van der Waals surface area contributed by atoms with Gasteiger partial charge in [-0.2, -0.15) is 38.8 Å². The molecule has 0 radical (unpaired) electrons. The molecule has 2 atom stereocenters. The second-order valence-corrected chi connectivity index (χ2v) is 46.0. The molecule has 766 valence electrons. The van der Waals surface area contributed by atoms with E-state index < -0.39 is 99.9 Å². The topological polar surface area (TPSA) is 475 Å². The summed E-state index contributed by atoms with van der Waals surface area (Å²) in [7, 11) is -16.8. The lowest BCUT2D eigenvalue weighted by molar-refractivity contribution is -0.453. The number of sulfonamides is 4. The molecular formula is C100H123F5N19O15S4+. The Labute approximate surface area is 830 Å². The van der Waals surface area contributed by atoms with Crippen LogP contribution in [0.25, 0.3) is 33.8 Å². The maximum absolute atomic E-state index is 14.5. The normalized spacial score (nSPS) is 16.8. The lowest BCUT2D eigenvalue weighted by atomic mass is 9.79. The zero-order chi connectivity index (χ0) is 104. The van der Waals surface area contributed by atoms with E-state index in [9.17, 15) is 74.8 Å². The largest absolute Gasteiger partial charge is 0.493 e.